The first-order chi connectivity index (χ1) is 18.5. The number of cyclic esters (lactones) is 1. The van der Waals surface area contributed by atoms with E-state index in [2.05, 4.69) is 66.8 Å². The van der Waals surface area contributed by atoms with Gasteiger partial charge in [0.2, 0.25) is 0 Å². The molecule has 3 aromatic rings. The molecule has 1 aliphatic rings. The van der Waals surface area contributed by atoms with Crippen LogP contribution >= 0.6 is 0 Å². The SMILES string of the molecule is CCN(CC)Cc1ccc(C=Nc2cccc3c2COC3=O)cc1.CCN(CC)Cc1ccc(C=O)cc1. The molecule has 3 aromatic carbocycles. The lowest BCUT2D eigenvalue weighted by Crippen LogP contribution is -2.21. The average Bonchev–Trinajstić information content (AvgIpc) is 3.36. The van der Waals surface area contributed by atoms with Crippen molar-refractivity contribution in [2.45, 2.75) is 47.4 Å². The number of aldehydes is 1. The van der Waals surface area contributed by atoms with Crippen LogP contribution in [0.3, 0.4) is 0 Å². The Hall–Kier alpha value is -3.61. The molecule has 6 heteroatoms. The van der Waals surface area contributed by atoms with Crippen LogP contribution in [0.2, 0.25) is 0 Å². The van der Waals surface area contributed by atoms with Crippen molar-refractivity contribution in [3.8, 4) is 0 Å². The van der Waals surface area contributed by atoms with Crippen molar-refractivity contribution in [2.75, 3.05) is 26.2 Å². The highest BCUT2D eigenvalue weighted by Gasteiger charge is 2.23. The number of carbonyl (C=O) groups is 2. The van der Waals surface area contributed by atoms with Gasteiger partial charge in [-0.05, 0) is 55.0 Å². The highest BCUT2D eigenvalue weighted by molar-refractivity contribution is 5.95. The molecule has 0 atom stereocenters. The zero-order chi connectivity index (χ0) is 27.3. The number of ether oxygens (including phenoxy) is 1. The lowest BCUT2D eigenvalue weighted by atomic mass is 10.1. The zero-order valence-electron chi connectivity index (χ0n) is 23.0. The molecule has 0 bridgehead atoms. The van der Waals surface area contributed by atoms with E-state index in [9.17, 15) is 9.59 Å². The van der Waals surface area contributed by atoms with Crippen LogP contribution in [0.4, 0.5) is 5.69 Å². The number of carbonyl (C=O) groups excluding carboxylic acids is 2. The van der Waals surface area contributed by atoms with Crippen LogP contribution in [0.25, 0.3) is 0 Å². The van der Waals surface area contributed by atoms with Gasteiger partial charge in [-0.2, -0.15) is 0 Å². The molecule has 0 amide bonds. The fraction of sp³-hybridized carbons (Fsp3) is 0.344. The molecule has 0 N–H and O–H groups in total. The summed E-state index contributed by atoms with van der Waals surface area (Å²) in [6.07, 6.45) is 2.71. The summed E-state index contributed by atoms with van der Waals surface area (Å²) in [7, 11) is 0. The number of hydrogen-bond acceptors (Lipinski definition) is 6. The Labute approximate surface area is 227 Å². The number of esters is 1. The molecule has 4 rings (SSSR count). The minimum Gasteiger partial charge on any atom is -0.457 e. The maximum absolute atomic E-state index is 11.6. The van der Waals surface area contributed by atoms with E-state index < -0.39 is 0 Å². The first-order valence-electron chi connectivity index (χ1n) is 13.4. The van der Waals surface area contributed by atoms with Crippen molar-refractivity contribution in [1.82, 2.24) is 9.80 Å². The van der Waals surface area contributed by atoms with E-state index in [4.69, 9.17) is 4.74 Å². The second kappa shape index (κ2) is 15.0. The van der Waals surface area contributed by atoms with Crippen molar-refractivity contribution < 1.29 is 14.3 Å². The van der Waals surface area contributed by atoms with Crippen LogP contribution in [0.15, 0.2) is 71.7 Å². The molecule has 0 aromatic heterocycles. The van der Waals surface area contributed by atoms with Gasteiger partial charge in [0.15, 0.2) is 0 Å². The van der Waals surface area contributed by atoms with Crippen molar-refractivity contribution in [3.05, 3.63) is 100 Å². The summed E-state index contributed by atoms with van der Waals surface area (Å²) in [5.74, 6) is -0.261. The maximum Gasteiger partial charge on any atom is 0.338 e. The smallest absolute Gasteiger partial charge is 0.338 e. The number of benzene rings is 3. The third-order valence-electron chi connectivity index (χ3n) is 6.77. The molecule has 0 aliphatic carbocycles. The molecule has 0 saturated heterocycles. The Bertz CT molecular complexity index is 1200. The molecule has 200 valence electrons. The molecular formula is C32H39N3O3. The van der Waals surface area contributed by atoms with Crippen molar-refractivity contribution in [3.63, 3.8) is 0 Å². The minimum atomic E-state index is -0.261. The molecule has 0 spiro atoms. The van der Waals surface area contributed by atoms with E-state index in [0.717, 1.165) is 67.9 Å². The van der Waals surface area contributed by atoms with E-state index in [1.165, 1.54) is 11.1 Å². The van der Waals surface area contributed by atoms with Gasteiger partial charge in [-0.3, -0.25) is 19.6 Å². The van der Waals surface area contributed by atoms with Gasteiger partial charge in [0.1, 0.15) is 12.9 Å². The van der Waals surface area contributed by atoms with Crippen molar-refractivity contribution in [2.24, 2.45) is 4.99 Å². The van der Waals surface area contributed by atoms with Crippen LogP contribution < -0.4 is 0 Å². The summed E-state index contributed by atoms with van der Waals surface area (Å²) in [4.78, 5) is 31.3. The maximum atomic E-state index is 11.6. The van der Waals surface area contributed by atoms with Gasteiger partial charge >= 0.3 is 5.97 Å². The van der Waals surface area contributed by atoms with Gasteiger partial charge in [0.05, 0.1) is 11.3 Å². The summed E-state index contributed by atoms with van der Waals surface area (Å²) in [6.45, 7) is 15.1. The third-order valence-corrected chi connectivity index (χ3v) is 6.77. The van der Waals surface area contributed by atoms with Gasteiger partial charge in [0.25, 0.3) is 0 Å². The Morgan fingerprint density at radius 1 is 0.763 bits per heavy atom. The van der Waals surface area contributed by atoms with Gasteiger partial charge in [-0.25, -0.2) is 4.79 Å². The van der Waals surface area contributed by atoms with Gasteiger partial charge in [-0.15, -0.1) is 0 Å². The molecular weight excluding hydrogens is 474 g/mol. The zero-order valence-corrected chi connectivity index (χ0v) is 23.0. The van der Waals surface area contributed by atoms with E-state index in [0.29, 0.717) is 12.2 Å². The van der Waals surface area contributed by atoms with E-state index in [1.54, 1.807) is 6.07 Å². The van der Waals surface area contributed by atoms with Crippen LogP contribution in [-0.2, 0) is 24.4 Å². The van der Waals surface area contributed by atoms with Crippen molar-refractivity contribution in [1.29, 1.82) is 0 Å². The Morgan fingerprint density at radius 3 is 1.79 bits per heavy atom. The quantitative estimate of drug-likeness (QED) is 0.171. The van der Waals surface area contributed by atoms with Crippen molar-refractivity contribution >= 4 is 24.2 Å². The number of aliphatic imine (C=N–C) groups is 1. The molecule has 1 aliphatic heterocycles. The van der Waals surface area contributed by atoms with E-state index in [1.807, 2.05) is 42.6 Å². The summed E-state index contributed by atoms with van der Waals surface area (Å²) in [5, 5.41) is 0. The molecule has 38 heavy (non-hydrogen) atoms. The predicted octanol–water partition coefficient (Wildman–Crippen LogP) is 6.29. The first kappa shape index (κ1) is 29.0. The molecule has 0 radical (unpaired) electrons. The molecule has 0 fully saturated rings. The summed E-state index contributed by atoms with van der Waals surface area (Å²) in [6, 6.07) is 21.7. The first-order valence-corrected chi connectivity index (χ1v) is 13.4. The summed E-state index contributed by atoms with van der Waals surface area (Å²) in [5.41, 5.74) is 6.64. The predicted molar refractivity (Wildman–Crippen MR) is 154 cm³/mol. The largest absolute Gasteiger partial charge is 0.457 e. The monoisotopic (exact) mass is 513 g/mol. The highest BCUT2D eigenvalue weighted by atomic mass is 16.5. The van der Waals surface area contributed by atoms with Crippen LogP contribution in [-0.4, -0.2) is 54.4 Å². The standard InChI is InChI=1S/C20H22N2O2.C12H17NO/c1-3-22(4-2)13-16-10-8-15(9-11-16)12-21-19-7-5-6-17-18(19)14-24-20(17)23;1-3-13(4-2)9-11-5-7-12(10-14)8-6-11/h5-12H,3-4,13-14H2,1-2H3;5-8,10H,3-4,9H2,1-2H3. The Morgan fingerprint density at radius 2 is 1.29 bits per heavy atom. The number of fused-ring (bicyclic) bond motifs is 1. The molecule has 0 saturated carbocycles. The molecule has 0 unspecified atom stereocenters. The van der Waals surface area contributed by atoms with Gasteiger partial charge in [0, 0.05) is 30.4 Å². The Balaban J connectivity index is 0.000000244. The highest BCUT2D eigenvalue weighted by Crippen LogP contribution is 2.29. The fourth-order valence-corrected chi connectivity index (χ4v) is 4.22. The number of nitrogens with zero attached hydrogens (tertiary/aromatic N) is 3. The van der Waals surface area contributed by atoms with E-state index >= 15 is 0 Å². The Kier molecular flexibility index (Phi) is 11.4. The summed E-state index contributed by atoms with van der Waals surface area (Å²) >= 11 is 0. The van der Waals surface area contributed by atoms with E-state index in [-0.39, 0.29) is 5.97 Å². The second-order valence-corrected chi connectivity index (χ2v) is 9.16. The molecule has 6 nitrogen and oxygen atoms in total. The van der Waals surface area contributed by atoms with Crippen LogP contribution in [0, 0.1) is 0 Å². The minimum absolute atomic E-state index is 0.261. The van der Waals surface area contributed by atoms with Crippen LogP contribution in [0.1, 0.15) is 70.7 Å². The lowest BCUT2D eigenvalue weighted by molar-refractivity contribution is 0.0535. The normalized spacial score (nSPS) is 12.4. The molecule has 1 heterocycles. The number of hydrogen-bond donors (Lipinski definition) is 0. The lowest BCUT2D eigenvalue weighted by Gasteiger charge is -2.17. The van der Waals surface area contributed by atoms with Gasteiger partial charge < -0.3 is 4.74 Å². The fourth-order valence-electron chi connectivity index (χ4n) is 4.22. The van der Waals surface area contributed by atoms with Gasteiger partial charge in [-0.1, -0.05) is 82.3 Å². The average molecular weight is 514 g/mol. The number of rotatable bonds is 11. The second-order valence-electron chi connectivity index (χ2n) is 9.16. The topological polar surface area (TPSA) is 62.2 Å². The van der Waals surface area contributed by atoms with Crippen LogP contribution in [0.5, 0.6) is 0 Å². The summed E-state index contributed by atoms with van der Waals surface area (Å²) < 4.78 is 5.07. The third kappa shape index (κ3) is 8.20.